The van der Waals surface area contributed by atoms with E-state index in [4.69, 9.17) is 10.2 Å². The minimum atomic E-state index is -0.871. The molecule has 1 rings (SSSR count). The fourth-order valence-electron chi connectivity index (χ4n) is 1.73. The van der Waals surface area contributed by atoms with Crippen LogP contribution in [0.1, 0.15) is 24.0 Å². The molecular formula is C14H19NO4. The third kappa shape index (κ3) is 6.57. The van der Waals surface area contributed by atoms with Gasteiger partial charge in [-0.25, -0.2) is 0 Å². The number of benzene rings is 1. The molecule has 19 heavy (non-hydrogen) atoms. The molecule has 2 N–H and O–H groups in total. The molecule has 0 aromatic heterocycles. The van der Waals surface area contributed by atoms with Crippen molar-refractivity contribution in [3.8, 4) is 0 Å². The number of carboxylic acids is 2. The van der Waals surface area contributed by atoms with Gasteiger partial charge >= 0.3 is 11.9 Å². The van der Waals surface area contributed by atoms with Crippen molar-refractivity contribution in [1.82, 2.24) is 4.90 Å². The van der Waals surface area contributed by atoms with E-state index in [1.54, 1.807) is 0 Å². The molecule has 104 valence electrons. The summed E-state index contributed by atoms with van der Waals surface area (Å²) >= 11 is 0. The second-order valence-electron chi connectivity index (χ2n) is 4.55. The molecule has 0 aliphatic carbocycles. The average Bonchev–Trinajstić information content (AvgIpc) is 2.35. The Morgan fingerprint density at radius 2 is 1.47 bits per heavy atom. The van der Waals surface area contributed by atoms with Crippen molar-refractivity contribution in [2.75, 3.05) is 13.1 Å². The van der Waals surface area contributed by atoms with Gasteiger partial charge in [0, 0.05) is 19.6 Å². The summed E-state index contributed by atoms with van der Waals surface area (Å²) in [5.74, 6) is -1.74. The van der Waals surface area contributed by atoms with Crippen molar-refractivity contribution in [3.05, 3.63) is 35.4 Å². The highest BCUT2D eigenvalue weighted by Crippen LogP contribution is 2.08. The Hall–Kier alpha value is -1.88. The summed E-state index contributed by atoms with van der Waals surface area (Å²) in [7, 11) is 0. The lowest BCUT2D eigenvalue weighted by molar-refractivity contribution is -0.137. The molecule has 0 amide bonds. The van der Waals surface area contributed by atoms with E-state index in [2.05, 4.69) is 0 Å². The fraction of sp³-hybridized carbons (Fsp3) is 0.429. The number of nitrogens with zero attached hydrogens (tertiary/aromatic N) is 1. The van der Waals surface area contributed by atoms with E-state index in [-0.39, 0.29) is 12.8 Å². The van der Waals surface area contributed by atoms with Gasteiger partial charge in [-0.1, -0.05) is 29.8 Å². The number of carboxylic acid groups (broad SMARTS) is 2. The molecule has 5 nitrogen and oxygen atoms in total. The maximum absolute atomic E-state index is 10.6. The summed E-state index contributed by atoms with van der Waals surface area (Å²) in [5.41, 5.74) is 2.22. The van der Waals surface area contributed by atoms with Crippen LogP contribution in [0.25, 0.3) is 0 Å². The molecule has 0 spiro atoms. The minimum Gasteiger partial charge on any atom is -0.481 e. The Labute approximate surface area is 112 Å². The predicted molar refractivity (Wildman–Crippen MR) is 71.0 cm³/mol. The third-order valence-electron chi connectivity index (χ3n) is 2.81. The van der Waals surface area contributed by atoms with Gasteiger partial charge in [0.05, 0.1) is 12.8 Å². The molecule has 0 atom stereocenters. The molecule has 1 aromatic rings. The summed E-state index contributed by atoms with van der Waals surface area (Å²) in [6.07, 6.45) is 0.0387. The second-order valence-corrected chi connectivity index (χ2v) is 4.55. The molecule has 0 aliphatic rings. The van der Waals surface area contributed by atoms with Gasteiger partial charge in [-0.2, -0.15) is 0 Å². The average molecular weight is 265 g/mol. The Kier molecular flexibility index (Phi) is 6.02. The Morgan fingerprint density at radius 3 is 1.89 bits per heavy atom. The molecule has 0 saturated heterocycles. The predicted octanol–water partition coefficient (Wildman–Crippen LogP) is 1.75. The van der Waals surface area contributed by atoms with Gasteiger partial charge in [0.15, 0.2) is 0 Å². The van der Waals surface area contributed by atoms with Crippen molar-refractivity contribution in [2.24, 2.45) is 0 Å². The lowest BCUT2D eigenvalue weighted by Crippen LogP contribution is -2.28. The highest BCUT2D eigenvalue weighted by Gasteiger charge is 2.10. The molecule has 5 heteroatoms. The topological polar surface area (TPSA) is 77.8 Å². The number of aryl methyl sites for hydroxylation is 1. The number of hydrogen-bond donors (Lipinski definition) is 2. The maximum atomic E-state index is 10.6. The lowest BCUT2D eigenvalue weighted by atomic mass is 10.1. The zero-order chi connectivity index (χ0) is 14.3. The molecule has 0 aliphatic heterocycles. The summed E-state index contributed by atoms with van der Waals surface area (Å²) in [6.45, 7) is 3.28. The molecule has 0 fully saturated rings. The van der Waals surface area contributed by atoms with E-state index in [0.717, 1.165) is 11.1 Å². The maximum Gasteiger partial charge on any atom is 0.304 e. The molecule has 0 unspecified atom stereocenters. The fourth-order valence-corrected chi connectivity index (χ4v) is 1.73. The van der Waals surface area contributed by atoms with Crippen molar-refractivity contribution in [2.45, 2.75) is 26.3 Å². The largest absolute Gasteiger partial charge is 0.481 e. The zero-order valence-electron chi connectivity index (χ0n) is 11.0. The zero-order valence-corrected chi connectivity index (χ0v) is 11.0. The van der Waals surface area contributed by atoms with Gasteiger partial charge in [-0.05, 0) is 12.5 Å². The van der Waals surface area contributed by atoms with Crippen LogP contribution in [0.5, 0.6) is 0 Å². The van der Waals surface area contributed by atoms with Crippen molar-refractivity contribution >= 4 is 11.9 Å². The van der Waals surface area contributed by atoms with Gasteiger partial charge < -0.3 is 10.2 Å². The van der Waals surface area contributed by atoms with Crippen molar-refractivity contribution in [1.29, 1.82) is 0 Å². The van der Waals surface area contributed by atoms with E-state index < -0.39 is 11.9 Å². The van der Waals surface area contributed by atoms with Crippen LogP contribution in [0.3, 0.4) is 0 Å². The van der Waals surface area contributed by atoms with Gasteiger partial charge in [0.1, 0.15) is 0 Å². The monoisotopic (exact) mass is 265 g/mol. The van der Waals surface area contributed by atoms with Gasteiger partial charge in [-0.3, -0.25) is 14.5 Å². The van der Waals surface area contributed by atoms with Gasteiger partial charge in [-0.15, -0.1) is 0 Å². The van der Waals surface area contributed by atoms with Gasteiger partial charge in [0.2, 0.25) is 0 Å². The van der Waals surface area contributed by atoms with E-state index in [1.165, 1.54) is 0 Å². The number of hydrogen-bond acceptors (Lipinski definition) is 3. The second kappa shape index (κ2) is 7.53. The molecular weight excluding hydrogens is 246 g/mol. The SMILES string of the molecule is Cc1ccc(CN(CCC(=O)O)CCC(=O)O)cc1. The smallest absolute Gasteiger partial charge is 0.304 e. The number of aliphatic carboxylic acids is 2. The van der Waals surface area contributed by atoms with Crippen molar-refractivity contribution in [3.63, 3.8) is 0 Å². The molecule has 0 saturated carbocycles. The standard InChI is InChI=1S/C14H19NO4/c1-11-2-4-12(5-3-11)10-15(8-6-13(16)17)9-7-14(18)19/h2-5H,6-10H2,1H3,(H,16,17)(H,18,19). The van der Waals surface area contributed by atoms with Crippen molar-refractivity contribution < 1.29 is 19.8 Å². The van der Waals surface area contributed by atoms with Crippen LogP contribution in [0.15, 0.2) is 24.3 Å². The Morgan fingerprint density at radius 1 is 1.00 bits per heavy atom. The summed E-state index contributed by atoms with van der Waals surface area (Å²) in [4.78, 5) is 23.0. The highest BCUT2D eigenvalue weighted by molar-refractivity contribution is 5.67. The van der Waals surface area contributed by atoms with E-state index in [0.29, 0.717) is 19.6 Å². The van der Waals surface area contributed by atoms with Crippen LogP contribution in [0.4, 0.5) is 0 Å². The van der Waals surface area contributed by atoms with Crippen LogP contribution in [-0.2, 0) is 16.1 Å². The van der Waals surface area contributed by atoms with Crippen LogP contribution >= 0.6 is 0 Å². The first-order chi connectivity index (χ1) is 8.97. The van der Waals surface area contributed by atoms with E-state index >= 15 is 0 Å². The van der Waals surface area contributed by atoms with Crippen LogP contribution in [-0.4, -0.2) is 40.1 Å². The van der Waals surface area contributed by atoms with E-state index in [9.17, 15) is 9.59 Å². The summed E-state index contributed by atoms with van der Waals surface area (Å²) < 4.78 is 0. The molecule has 0 radical (unpaired) electrons. The minimum absolute atomic E-state index is 0.0193. The molecule has 1 aromatic carbocycles. The Balaban J connectivity index is 2.58. The third-order valence-corrected chi connectivity index (χ3v) is 2.81. The first-order valence-electron chi connectivity index (χ1n) is 6.19. The highest BCUT2D eigenvalue weighted by atomic mass is 16.4. The number of rotatable bonds is 8. The normalized spacial score (nSPS) is 10.6. The summed E-state index contributed by atoms with van der Waals surface area (Å²) in [5, 5.41) is 17.4. The van der Waals surface area contributed by atoms with E-state index in [1.807, 2.05) is 36.1 Å². The Bertz CT molecular complexity index is 410. The molecule has 0 heterocycles. The summed E-state index contributed by atoms with van der Waals surface area (Å²) in [6, 6.07) is 7.93. The first-order valence-corrected chi connectivity index (χ1v) is 6.19. The van der Waals surface area contributed by atoms with Crippen LogP contribution in [0.2, 0.25) is 0 Å². The van der Waals surface area contributed by atoms with Crippen LogP contribution in [0, 0.1) is 6.92 Å². The lowest BCUT2D eigenvalue weighted by Gasteiger charge is -2.20. The quantitative estimate of drug-likeness (QED) is 0.748. The first kappa shape index (κ1) is 15.2. The van der Waals surface area contributed by atoms with Gasteiger partial charge in [0.25, 0.3) is 0 Å². The molecule has 0 bridgehead atoms. The van der Waals surface area contributed by atoms with Crippen LogP contribution < -0.4 is 0 Å². The number of carbonyl (C=O) groups is 2.